The Morgan fingerprint density at radius 2 is 1.70 bits per heavy atom. The van der Waals surface area contributed by atoms with Crippen molar-refractivity contribution in [2.24, 2.45) is 5.41 Å². The van der Waals surface area contributed by atoms with Crippen molar-refractivity contribution in [1.29, 1.82) is 0 Å². The van der Waals surface area contributed by atoms with E-state index in [1.807, 2.05) is 0 Å². The van der Waals surface area contributed by atoms with Crippen LogP contribution in [0.1, 0.15) is 91.1 Å². The average Bonchev–Trinajstić information content (AvgIpc) is 2.72. The minimum Gasteiger partial charge on any atom is -0.265 e. The fourth-order valence-corrected chi connectivity index (χ4v) is 3.80. The molecule has 1 heterocycles. The van der Waals surface area contributed by atoms with Crippen LogP contribution in [0.3, 0.4) is 0 Å². The first-order chi connectivity index (χ1) is 9.13. The van der Waals surface area contributed by atoms with Gasteiger partial charge in [0.25, 0.3) is 0 Å². The van der Waals surface area contributed by atoms with Crippen molar-refractivity contribution in [2.45, 2.75) is 90.5 Å². The molecule has 2 aliphatic carbocycles. The zero-order valence-electron chi connectivity index (χ0n) is 14.1. The Balaban J connectivity index is 2.07. The van der Waals surface area contributed by atoms with Crippen LogP contribution in [0.25, 0.3) is 0 Å². The van der Waals surface area contributed by atoms with Crippen molar-refractivity contribution in [1.82, 2.24) is 9.78 Å². The van der Waals surface area contributed by atoms with Crippen LogP contribution < -0.4 is 0 Å². The van der Waals surface area contributed by atoms with E-state index in [0.717, 1.165) is 0 Å². The molecule has 1 unspecified atom stereocenters. The minimum atomic E-state index is 0.139. The SMILES string of the molecule is CC(C)(C)c1cc(C(C)(C)C)n(C2CCCC23CC3)n1. The van der Waals surface area contributed by atoms with E-state index in [4.69, 9.17) is 5.10 Å². The topological polar surface area (TPSA) is 17.8 Å². The molecule has 0 N–H and O–H groups in total. The lowest BCUT2D eigenvalue weighted by Crippen LogP contribution is -2.25. The van der Waals surface area contributed by atoms with Crippen LogP contribution in [0.5, 0.6) is 0 Å². The molecule has 0 aliphatic heterocycles. The highest BCUT2D eigenvalue weighted by atomic mass is 15.3. The van der Waals surface area contributed by atoms with Gasteiger partial charge in [-0.15, -0.1) is 0 Å². The summed E-state index contributed by atoms with van der Waals surface area (Å²) >= 11 is 0. The van der Waals surface area contributed by atoms with Crippen molar-refractivity contribution < 1.29 is 0 Å². The van der Waals surface area contributed by atoms with Gasteiger partial charge in [-0.3, -0.25) is 4.68 Å². The van der Waals surface area contributed by atoms with Gasteiger partial charge in [0, 0.05) is 16.5 Å². The summed E-state index contributed by atoms with van der Waals surface area (Å²) in [6, 6.07) is 3.03. The molecule has 112 valence electrons. The maximum Gasteiger partial charge on any atom is 0.0681 e. The van der Waals surface area contributed by atoms with E-state index < -0.39 is 0 Å². The summed E-state index contributed by atoms with van der Waals surface area (Å²) in [6.45, 7) is 13.8. The second-order valence-corrected chi connectivity index (χ2v) is 9.13. The number of nitrogens with zero attached hydrogens (tertiary/aromatic N) is 2. The molecule has 20 heavy (non-hydrogen) atoms. The molecule has 2 nitrogen and oxygen atoms in total. The number of aromatic nitrogens is 2. The molecule has 1 aromatic rings. The van der Waals surface area contributed by atoms with Gasteiger partial charge in [0.1, 0.15) is 0 Å². The lowest BCUT2D eigenvalue weighted by atomic mass is 9.87. The van der Waals surface area contributed by atoms with E-state index in [-0.39, 0.29) is 10.8 Å². The van der Waals surface area contributed by atoms with Crippen LogP contribution in [0.2, 0.25) is 0 Å². The molecule has 1 atom stereocenters. The summed E-state index contributed by atoms with van der Waals surface area (Å²) in [7, 11) is 0. The van der Waals surface area contributed by atoms with E-state index in [2.05, 4.69) is 52.3 Å². The summed E-state index contributed by atoms with van der Waals surface area (Å²) in [5.74, 6) is 0. The highest BCUT2D eigenvalue weighted by Gasteiger charge is 2.54. The highest BCUT2D eigenvalue weighted by molar-refractivity contribution is 5.24. The lowest BCUT2D eigenvalue weighted by molar-refractivity contribution is 0.305. The van der Waals surface area contributed by atoms with E-state index in [0.29, 0.717) is 11.5 Å². The van der Waals surface area contributed by atoms with Crippen molar-refractivity contribution in [2.75, 3.05) is 0 Å². The summed E-state index contributed by atoms with van der Waals surface area (Å²) < 4.78 is 2.43. The van der Waals surface area contributed by atoms with Gasteiger partial charge in [-0.25, -0.2) is 0 Å². The molecule has 2 heteroatoms. The molecule has 2 saturated carbocycles. The molecule has 0 saturated heterocycles. The monoisotopic (exact) mass is 274 g/mol. The third-order valence-corrected chi connectivity index (χ3v) is 5.32. The predicted octanol–water partition coefficient (Wildman–Crippen LogP) is 4.98. The average molecular weight is 274 g/mol. The zero-order chi connectivity index (χ0) is 14.8. The Morgan fingerprint density at radius 1 is 1.05 bits per heavy atom. The number of rotatable bonds is 1. The predicted molar refractivity (Wildman–Crippen MR) is 84.2 cm³/mol. The molecular weight excluding hydrogens is 244 g/mol. The molecule has 3 rings (SSSR count). The second kappa shape index (κ2) is 4.11. The van der Waals surface area contributed by atoms with E-state index in [1.54, 1.807) is 0 Å². The Morgan fingerprint density at radius 3 is 2.20 bits per heavy atom. The minimum absolute atomic E-state index is 0.139. The molecular formula is C18H30N2. The Labute approximate surface area is 124 Å². The van der Waals surface area contributed by atoms with E-state index in [1.165, 1.54) is 43.5 Å². The third kappa shape index (κ3) is 2.21. The van der Waals surface area contributed by atoms with Gasteiger partial charge in [0.05, 0.1) is 11.7 Å². The van der Waals surface area contributed by atoms with Crippen LogP contribution in [-0.2, 0) is 10.8 Å². The zero-order valence-corrected chi connectivity index (χ0v) is 14.1. The quantitative estimate of drug-likeness (QED) is 0.706. The van der Waals surface area contributed by atoms with Gasteiger partial charge in [-0.2, -0.15) is 5.10 Å². The molecule has 1 spiro atoms. The summed E-state index contributed by atoms with van der Waals surface area (Å²) in [6.07, 6.45) is 6.98. The molecule has 0 amide bonds. The van der Waals surface area contributed by atoms with E-state index in [9.17, 15) is 0 Å². The van der Waals surface area contributed by atoms with Crippen LogP contribution in [0, 0.1) is 5.41 Å². The smallest absolute Gasteiger partial charge is 0.0681 e. The van der Waals surface area contributed by atoms with Gasteiger partial charge in [0.15, 0.2) is 0 Å². The van der Waals surface area contributed by atoms with Crippen molar-refractivity contribution >= 4 is 0 Å². The van der Waals surface area contributed by atoms with E-state index >= 15 is 0 Å². The molecule has 0 radical (unpaired) electrons. The lowest BCUT2D eigenvalue weighted by Gasteiger charge is -2.27. The summed E-state index contributed by atoms with van der Waals surface area (Å²) in [4.78, 5) is 0. The van der Waals surface area contributed by atoms with Crippen molar-refractivity contribution in [3.63, 3.8) is 0 Å². The number of hydrogen-bond acceptors (Lipinski definition) is 1. The molecule has 0 aromatic carbocycles. The maximum absolute atomic E-state index is 5.08. The normalized spacial score (nSPS) is 25.4. The number of hydrogen-bond donors (Lipinski definition) is 0. The summed E-state index contributed by atoms with van der Waals surface area (Å²) in [5, 5.41) is 5.08. The van der Waals surface area contributed by atoms with Gasteiger partial charge < -0.3 is 0 Å². The van der Waals surface area contributed by atoms with Gasteiger partial charge >= 0.3 is 0 Å². The molecule has 2 fully saturated rings. The first kappa shape index (κ1) is 14.2. The van der Waals surface area contributed by atoms with Crippen molar-refractivity contribution in [3.8, 4) is 0 Å². The van der Waals surface area contributed by atoms with Gasteiger partial charge in [0.2, 0.25) is 0 Å². The van der Waals surface area contributed by atoms with Gasteiger partial charge in [-0.05, 0) is 37.2 Å². The first-order valence-corrected chi connectivity index (χ1v) is 8.24. The molecule has 2 aliphatic rings. The largest absolute Gasteiger partial charge is 0.265 e. The first-order valence-electron chi connectivity index (χ1n) is 8.24. The van der Waals surface area contributed by atoms with Gasteiger partial charge in [-0.1, -0.05) is 48.0 Å². The molecule has 0 bridgehead atoms. The Bertz CT molecular complexity index is 507. The Kier molecular flexibility index (Phi) is 2.91. The fraction of sp³-hybridized carbons (Fsp3) is 0.833. The summed E-state index contributed by atoms with van der Waals surface area (Å²) in [5.41, 5.74) is 3.61. The Hall–Kier alpha value is -0.790. The highest BCUT2D eigenvalue weighted by Crippen LogP contribution is 2.63. The second-order valence-electron chi connectivity index (χ2n) is 9.13. The standard InChI is InChI=1S/C18H30N2/c1-16(2,3)13-12-15(17(4,5)6)20(19-13)14-8-7-9-18(14)10-11-18/h12,14H,7-11H2,1-6H3. The van der Waals surface area contributed by atoms with Crippen LogP contribution in [0.15, 0.2) is 6.07 Å². The maximum atomic E-state index is 5.08. The van der Waals surface area contributed by atoms with Crippen molar-refractivity contribution in [3.05, 3.63) is 17.5 Å². The molecule has 1 aromatic heterocycles. The third-order valence-electron chi connectivity index (χ3n) is 5.32. The van der Waals surface area contributed by atoms with Crippen LogP contribution in [-0.4, -0.2) is 9.78 Å². The van der Waals surface area contributed by atoms with Crippen LogP contribution in [0.4, 0.5) is 0 Å². The fourth-order valence-electron chi connectivity index (χ4n) is 3.80. The van der Waals surface area contributed by atoms with Crippen LogP contribution >= 0.6 is 0 Å².